The van der Waals surface area contributed by atoms with Gasteiger partial charge in [0, 0.05) is 18.0 Å². The minimum atomic E-state index is -0.310. The Balaban J connectivity index is 1.54. The van der Waals surface area contributed by atoms with Crippen LogP contribution in [0.1, 0.15) is 47.7 Å². The van der Waals surface area contributed by atoms with Crippen molar-refractivity contribution in [3.63, 3.8) is 0 Å². The third-order valence-electron chi connectivity index (χ3n) is 5.23. The van der Waals surface area contributed by atoms with E-state index >= 15 is 0 Å². The second kappa shape index (κ2) is 12.9. The van der Waals surface area contributed by atoms with E-state index in [0.29, 0.717) is 36.2 Å². The molecule has 1 amide bonds. The minimum Gasteiger partial charge on any atom is -0.493 e. The van der Waals surface area contributed by atoms with Crippen LogP contribution in [0.15, 0.2) is 66.0 Å². The zero-order valence-electron chi connectivity index (χ0n) is 19.5. The van der Waals surface area contributed by atoms with E-state index < -0.39 is 0 Å². The number of pyridine rings is 1. The molecule has 2 aromatic carbocycles. The Hall–Kier alpha value is -3.14. The fourth-order valence-corrected chi connectivity index (χ4v) is 3.90. The van der Waals surface area contributed by atoms with Crippen LogP contribution < -0.4 is 19.6 Å². The van der Waals surface area contributed by atoms with Crippen molar-refractivity contribution in [2.45, 2.75) is 26.2 Å². The molecule has 0 bridgehead atoms. The summed E-state index contributed by atoms with van der Waals surface area (Å²) in [7, 11) is 1.58. The lowest BCUT2D eigenvalue weighted by Gasteiger charge is -2.14. The number of carbonyl (C=O) groups excluding carboxylic acids is 1. The molecule has 34 heavy (non-hydrogen) atoms. The number of halogens is 1. The molecule has 0 aliphatic carbocycles. The van der Waals surface area contributed by atoms with Gasteiger partial charge in [0.05, 0.1) is 16.9 Å². The monoisotopic (exact) mass is 573 g/mol. The fraction of sp³-hybridized carbons (Fsp3) is 0.269. The highest BCUT2D eigenvalue weighted by molar-refractivity contribution is 14.1. The molecule has 0 aliphatic rings. The summed E-state index contributed by atoms with van der Waals surface area (Å²) in [5.41, 5.74) is 5.06. The highest BCUT2D eigenvalue weighted by Crippen LogP contribution is 2.33. The van der Waals surface area contributed by atoms with Gasteiger partial charge in [0.25, 0.3) is 5.91 Å². The van der Waals surface area contributed by atoms with E-state index in [4.69, 9.17) is 14.2 Å². The number of nitrogens with one attached hydrogen (secondary N) is 1. The second-order valence-corrected chi connectivity index (χ2v) is 8.71. The van der Waals surface area contributed by atoms with E-state index in [9.17, 15) is 4.79 Å². The lowest BCUT2D eigenvalue weighted by atomic mass is 9.99. The van der Waals surface area contributed by atoms with Crippen molar-refractivity contribution < 1.29 is 19.0 Å². The summed E-state index contributed by atoms with van der Waals surface area (Å²) in [5, 5.41) is 4.03. The van der Waals surface area contributed by atoms with Crippen molar-refractivity contribution >= 4 is 34.7 Å². The maximum Gasteiger partial charge on any atom is 0.271 e. The molecule has 0 radical (unpaired) electrons. The van der Waals surface area contributed by atoms with Crippen LogP contribution in [0.4, 0.5) is 0 Å². The molecule has 8 heteroatoms. The van der Waals surface area contributed by atoms with Crippen LogP contribution in [0, 0.1) is 3.57 Å². The van der Waals surface area contributed by atoms with Crippen molar-refractivity contribution in [1.82, 2.24) is 10.4 Å². The molecule has 0 spiro atoms. The van der Waals surface area contributed by atoms with Crippen molar-refractivity contribution in [3.8, 4) is 17.2 Å². The Morgan fingerprint density at radius 2 is 1.82 bits per heavy atom. The van der Waals surface area contributed by atoms with E-state index in [0.717, 1.165) is 21.3 Å². The molecule has 1 N–H and O–H groups in total. The van der Waals surface area contributed by atoms with Gasteiger partial charge >= 0.3 is 0 Å². The predicted molar refractivity (Wildman–Crippen MR) is 141 cm³/mol. The van der Waals surface area contributed by atoms with E-state index in [1.54, 1.807) is 43.9 Å². The number of rotatable bonds is 11. The van der Waals surface area contributed by atoms with Crippen LogP contribution in [0.5, 0.6) is 17.2 Å². The maximum absolute atomic E-state index is 12.1. The minimum absolute atomic E-state index is 0.310. The normalized spacial score (nSPS) is 11.8. The smallest absolute Gasteiger partial charge is 0.271 e. The molecule has 7 nitrogen and oxygen atoms in total. The first-order valence-electron chi connectivity index (χ1n) is 11.0. The van der Waals surface area contributed by atoms with E-state index in [-0.39, 0.29) is 5.91 Å². The van der Waals surface area contributed by atoms with Gasteiger partial charge in [-0.25, -0.2) is 5.43 Å². The van der Waals surface area contributed by atoms with Crippen molar-refractivity contribution in [2.24, 2.45) is 5.10 Å². The van der Waals surface area contributed by atoms with Crippen LogP contribution in [-0.2, 0) is 0 Å². The lowest BCUT2D eigenvalue weighted by molar-refractivity contribution is 0.0955. The maximum atomic E-state index is 12.1. The number of nitrogens with zero attached hydrogens (tertiary/aromatic N) is 2. The summed E-state index contributed by atoms with van der Waals surface area (Å²) < 4.78 is 18.1. The Bertz CT molecular complexity index is 1110. The van der Waals surface area contributed by atoms with Gasteiger partial charge in [-0.05, 0) is 82.5 Å². The van der Waals surface area contributed by atoms with Crippen LogP contribution in [0.3, 0.4) is 0 Å². The molecule has 1 heterocycles. The van der Waals surface area contributed by atoms with Gasteiger partial charge in [-0.2, -0.15) is 5.10 Å². The fourth-order valence-electron chi connectivity index (χ4n) is 3.12. The molecule has 0 saturated carbocycles. The summed E-state index contributed by atoms with van der Waals surface area (Å²) in [6, 6.07) is 15.1. The Morgan fingerprint density at radius 3 is 2.50 bits per heavy atom. The molecule has 0 unspecified atom stereocenters. The molecule has 0 saturated heterocycles. The number of hydrogen-bond acceptors (Lipinski definition) is 6. The highest BCUT2D eigenvalue weighted by atomic mass is 127. The number of aromatic nitrogens is 1. The molecular weight excluding hydrogens is 545 g/mol. The van der Waals surface area contributed by atoms with Gasteiger partial charge in [-0.15, -0.1) is 0 Å². The number of benzene rings is 2. The van der Waals surface area contributed by atoms with Crippen LogP contribution in [-0.4, -0.2) is 37.4 Å². The van der Waals surface area contributed by atoms with Gasteiger partial charge in [0.1, 0.15) is 19.0 Å². The SMILES string of the molecule is CC[C@@H](C)c1ccc(OCCOc2c(I)cc(/C=N\NC(=O)c3ccncc3)cc2OC)cc1. The predicted octanol–water partition coefficient (Wildman–Crippen LogP) is 5.43. The molecule has 0 aliphatic heterocycles. The van der Waals surface area contributed by atoms with Crippen LogP contribution in [0.2, 0.25) is 0 Å². The zero-order chi connectivity index (χ0) is 24.3. The van der Waals surface area contributed by atoms with Crippen molar-refractivity contribution in [2.75, 3.05) is 20.3 Å². The third-order valence-corrected chi connectivity index (χ3v) is 6.04. The molecule has 3 aromatic rings. The first kappa shape index (κ1) is 25.5. The van der Waals surface area contributed by atoms with Gasteiger partial charge in [-0.3, -0.25) is 9.78 Å². The van der Waals surface area contributed by atoms with E-state index in [1.165, 1.54) is 5.56 Å². The van der Waals surface area contributed by atoms with Crippen LogP contribution >= 0.6 is 22.6 Å². The number of carbonyl (C=O) groups is 1. The van der Waals surface area contributed by atoms with Gasteiger partial charge in [0.2, 0.25) is 0 Å². The molecular formula is C26H28IN3O4. The summed E-state index contributed by atoms with van der Waals surface area (Å²) in [6.45, 7) is 5.18. The number of hydrogen-bond donors (Lipinski definition) is 1. The standard InChI is InChI=1S/C26H28IN3O4/c1-4-18(2)20-5-7-22(8-6-20)33-13-14-34-25-23(27)15-19(16-24(25)32-3)17-29-30-26(31)21-9-11-28-12-10-21/h5-12,15-18H,4,13-14H2,1-3H3,(H,30,31)/b29-17-/t18-/m1/s1. The Kier molecular flexibility index (Phi) is 9.69. The molecule has 1 atom stereocenters. The molecule has 3 rings (SSSR count). The average molecular weight is 573 g/mol. The van der Waals surface area contributed by atoms with Gasteiger partial charge in [-0.1, -0.05) is 26.0 Å². The lowest BCUT2D eigenvalue weighted by Crippen LogP contribution is -2.17. The topological polar surface area (TPSA) is 82.0 Å². The second-order valence-electron chi connectivity index (χ2n) is 7.54. The average Bonchev–Trinajstić information content (AvgIpc) is 2.87. The Morgan fingerprint density at radius 1 is 1.12 bits per heavy atom. The highest BCUT2D eigenvalue weighted by Gasteiger charge is 2.12. The number of methoxy groups -OCH3 is 1. The van der Waals surface area contributed by atoms with E-state index in [1.807, 2.05) is 18.2 Å². The van der Waals surface area contributed by atoms with E-state index in [2.05, 4.69) is 64.1 Å². The first-order chi connectivity index (χ1) is 16.5. The summed E-state index contributed by atoms with van der Waals surface area (Å²) in [5.74, 6) is 2.26. The first-order valence-corrected chi connectivity index (χ1v) is 12.1. The number of hydrazone groups is 1. The van der Waals surface area contributed by atoms with Gasteiger partial charge in [0.15, 0.2) is 11.5 Å². The Labute approximate surface area is 213 Å². The summed E-state index contributed by atoms with van der Waals surface area (Å²) >= 11 is 2.18. The summed E-state index contributed by atoms with van der Waals surface area (Å²) in [4.78, 5) is 16.0. The number of amides is 1. The number of ether oxygens (including phenoxy) is 3. The van der Waals surface area contributed by atoms with Crippen molar-refractivity contribution in [1.29, 1.82) is 0 Å². The van der Waals surface area contributed by atoms with Crippen molar-refractivity contribution in [3.05, 3.63) is 81.2 Å². The van der Waals surface area contributed by atoms with Gasteiger partial charge < -0.3 is 14.2 Å². The molecule has 1 aromatic heterocycles. The quantitative estimate of drug-likeness (QED) is 0.143. The molecule has 178 valence electrons. The zero-order valence-corrected chi connectivity index (χ0v) is 21.6. The third kappa shape index (κ3) is 7.18. The summed E-state index contributed by atoms with van der Waals surface area (Å²) in [6.07, 6.45) is 5.78. The largest absolute Gasteiger partial charge is 0.493 e. The molecule has 0 fully saturated rings. The van der Waals surface area contributed by atoms with Crippen LogP contribution in [0.25, 0.3) is 0 Å².